The zero-order chi connectivity index (χ0) is 17.7. The Morgan fingerprint density at radius 3 is 2.46 bits per heavy atom. The summed E-state index contributed by atoms with van der Waals surface area (Å²) in [6.45, 7) is 3.72. The second-order valence-electron chi connectivity index (χ2n) is 5.15. The van der Waals surface area contributed by atoms with Crippen LogP contribution in [-0.2, 0) is 4.79 Å². The zero-order valence-corrected chi connectivity index (χ0v) is 14.9. The first-order chi connectivity index (χ1) is 11.4. The summed E-state index contributed by atoms with van der Waals surface area (Å²) in [7, 11) is 0. The summed E-state index contributed by atoms with van der Waals surface area (Å²) < 4.78 is 11.5. The third kappa shape index (κ3) is 4.35. The molecule has 2 aromatic carbocycles. The Hall–Kier alpha value is -2.34. The first-order valence-electron chi connectivity index (χ1n) is 7.39. The van der Waals surface area contributed by atoms with Gasteiger partial charge in [-0.3, -0.25) is 0 Å². The molecule has 0 fully saturated rings. The zero-order valence-electron chi connectivity index (χ0n) is 13.3. The number of aryl methyl sites for hydroxylation is 1. The molecule has 0 aliphatic carbocycles. The predicted octanol–water partition coefficient (Wildman–Crippen LogP) is 4.22. The van der Waals surface area contributed by atoms with E-state index in [1.54, 1.807) is 6.07 Å². The van der Waals surface area contributed by atoms with Gasteiger partial charge in [-0.25, -0.2) is 9.59 Å². The number of benzene rings is 2. The van der Waals surface area contributed by atoms with Gasteiger partial charge in [0.2, 0.25) is 0 Å². The number of esters is 1. The van der Waals surface area contributed by atoms with E-state index in [4.69, 9.17) is 14.6 Å². The van der Waals surface area contributed by atoms with E-state index in [1.807, 2.05) is 32.0 Å². The van der Waals surface area contributed by atoms with Gasteiger partial charge in [0.15, 0.2) is 6.10 Å². The molecule has 5 nitrogen and oxygen atoms in total. The van der Waals surface area contributed by atoms with E-state index >= 15 is 0 Å². The number of carboxylic acids is 1. The average Bonchev–Trinajstić information content (AvgIpc) is 2.55. The van der Waals surface area contributed by atoms with Crippen LogP contribution in [0.2, 0.25) is 0 Å². The summed E-state index contributed by atoms with van der Waals surface area (Å²) in [6.07, 6.45) is -0.310. The first kappa shape index (κ1) is 18.0. The van der Waals surface area contributed by atoms with Crippen molar-refractivity contribution < 1.29 is 24.2 Å². The van der Waals surface area contributed by atoms with Crippen LogP contribution in [0.4, 0.5) is 0 Å². The van der Waals surface area contributed by atoms with Crippen molar-refractivity contribution in [2.45, 2.75) is 26.4 Å². The van der Waals surface area contributed by atoms with Crippen molar-refractivity contribution in [1.82, 2.24) is 0 Å². The molecule has 0 aromatic heterocycles. The molecule has 0 radical (unpaired) electrons. The molecule has 0 spiro atoms. The van der Waals surface area contributed by atoms with Gasteiger partial charge < -0.3 is 14.6 Å². The minimum absolute atomic E-state index is 0.102. The van der Waals surface area contributed by atoms with Gasteiger partial charge in [0.05, 0.1) is 10.0 Å². The summed E-state index contributed by atoms with van der Waals surface area (Å²) in [5.74, 6) is -0.717. The Kier molecular flexibility index (Phi) is 5.98. The highest BCUT2D eigenvalue weighted by molar-refractivity contribution is 9.10. The van der Waals surface area contributed by atoms with Crippen molar-refractivity contribution in [2.24, 2.45) is 0 Å². The van der Waals surface area contributed by atoms with Crippen molar-refractivity contribution in [2.75, 3.05) is 0 Å². The second kappa shape index (κ2) is 7.97. The fourth-order valence-corrected chi connectivity index (χ4v) is 2.49. The van der Waals surface area contributed by atoms with E-state index in [0.717, 1.165) is 5.56 Å². The number of halogens is 1. The number of para-hydroxylation sites is 1. The van der Waals surface area contributed by atoms with E-state index in [1.165, 1.54) is 18.2 Å². The summed E-state index contributed by atoms with van der Waals surface area (Å²) in [6, 6.07) is 11.6. The monoisotopic (exact) mass is 392 g/mol. The quantitative estimate of drug-likeness (QED) is 0.588. The molecule has 24 heavy (non-hydrogen) atoms. The second-order valence-corrected chi connectivity index (χ2v) is 6.01. The smallest absolute Gasteiger partial charge is 0.352 e. The van der Waals surface area contributed by atoms with Gasteiger partial charge in [0.1, 0.15) is 11.5 Å². The molecule has 1 atom stereocenters. The van der Waals surface area contributed by atoms with Crippen LogP contribution < -0.4 is 9.47 Å². The van der Waals surface area contributed by atoms with Gasteiger partial charge in [0, 0.05) is 0 Å². The van der Waals surface area contributed by atoms with Crippen LogP contribution in [-0.4, -0.2) is 23.1 Å². The number of hydrogen-bond acceptors (Lipinski definition) is 4. The molecule has 6 heteroatoms. The molecule has 0 saturated heterocycles. The van der Waals surface area contributed by atoms with Crippen LogP contribution in [0.5, 0.6) is 11.5 Å². The Balaban J connectivity index is 2.12. The summed E-state index contributed by atoms with van der Waals surface area (Å²) in [5.41, 5.74) is 1.03. The van der Waals surface area contributed by atoms with E-state index in [2.05, 4.69) is 15.9 Å². The molecule has 2 aromatic rings. The third-order valence-corrected chi connectivity index (χ3v) is 4.01. The molecule has 2 rings (SSSR count). The molecule has 0 aliphatic rings. The van der Waals surface area contributed by atoms with Gasteiger partial charge in [0.25, 0.3) is 0 Å². The maximum absolute atomic E-state index is 12.3. The standard InChI is InChI=1S/C18H17BrO5/c1-3-14(23-15-7-5-4-6-11(15)2)18(22)24-16-9-8-12(17(20)21)10-13(16)19/h4-10,14H,3H2,1-2H3,(H,20,21). The van der Waals surface area contributed by atoms with Crippen LogP contribution in [0.1, 0.15) is 29.3 Å². The fraction of sp³-hybridized carbons (Fsp3) is 0.222. The highest BCUT2D eigenvalue weighted by Gasteiger charge is 2.22. The highest BCUT2D eigenvalue weighted by atomic mass is 79.9. The van der Waals surface area contributed by atoms with Gasteiger partial charge in [-0.05, 0) is 59.1 Å². The lowest BCUT2D eigenvalue weighted by Gasteiger charge is -2.18. The van der Waals surface area contributed by atoms with E-state index in [-0.39, 0.29) is 11.3 Å². The lowest BCUT2D eigenvalue weighted by molar-refractivity contribution is -0.142. The normalized spacial score (nSPS) is 11.6. The summed E-state index contributed by atoms with van der Waals surface area (Å²) in [4.78, 5) is 23.3. The fourth-order valence-electron chi connectivity index (χ4n) is 2.03. The van der Waals surface area contributed by atoms with Gasteiger partial charge in [-0.1, -0.05) is 25.1 Å². The number of hydrogen-bond donors (Lipinski definition) is 1. The van der Waals surface area contributed by atoms with Crippen molar-refractivity contribution in [3.63, 3.8) is 0 Å². The predicted molar refractivity (Wildman–Crippen MR) is 92.6 cm³/mol. The van der Waals surface area contributed by atoms with E-state index in [9.17, 15) is 9.59 Å². The van der Waals surface area contributed by atoms with Crippen molar-refractivity contribution in [3.05, 3.63) is 58.1 Å². The van der Waals surface area contributed by atoms with Crippen LogP contribution in [0.15, 0.2) is 46.9 Å². The lowest BCUT2D eigenvalue weighted by atomic mass is 10.2. The molecule has 0 aliphatic heterocycles. The first-order valence-corrected chi connectivity index (χ1v) is 8.18. The number of ether oxygens (including phenoxy) is 2. The van der Waals surface area contributed by atoms with Crippen LogP contribution in [0.25, 0.3) is 0 Å². The minimum atomic E-state index is -1.05. The Morgan fingerprint density at radius 2 is 1.88 bits per heavy atom. The molecular formula is C18H17BrO5. The molecule has 0 saturated carbocycles. The maximum atomic E-state index is 12.3. The molecule has 0 amide bonds. The topological polar surface area (TPSA) is 72.8 Å². The number of carbonyl (C=O) groups is 2. The summed E-state index contributed by atoms with van der Waals surface area (Å²) >= 11 is 3.21. The SMILES string of the molecule is CCC(Oc1ccccc1C)C(=O)Oc1ccc(C(=O)O)cc1Br. The number of carboxylic acid groups (broad SMARTS) is 1. The largest absolute Gasteiger partial charge is 0.478 e. The highest BCUT2D eigenvalue weighted by Crippen LogP contribution is 2.27. The molecule has 126 valence electrons. The molecule has 1 N–H and O–H groups in total. The Labute approximate surface area is 148 Å². The lowest BCUT2D eigenvalue weighted by Crippen LogP contribution is -2.31. The minimum Gasteiger partial charge on any atom is -0.478 e. The molecule has 1 unspecified atom stereocenters. The maximum Gasteiger partial charge on any atom is 0.352 e. The Bertz CT molecular complexity index is 757. The molecule has 0 heterocycles. The van der Waals surface area contributed by atoms with Gasteiger partial charge in [-0.15, -0.1) is 0 Å². The van der Waals surface area contributed by atoms with Gasteiger partial charge in [-0.2, -0.15) is 0 Å². The Morgan fingerprint density at radius 1 is 1.17 bits per heavy atom. The van der Waals surface area contributed by atoms with Crippen LogP contribution >= 0.6 is 15.9 Å². The van der Waals surface area contributed by atoms with Crippen LogP contribution in [0, 0.1) is 6.92 Å². The van der Waals surface area contributed by atoms with Crippen molar-refractivity contribution >= 4 is 27.9 Å². The van der Waals surface area contributed by atoms with Crippen molar-refractivity contribution in [3.8, 4) is 11.5 Å². The molecular weight excluding hydrogens is 376 g/mol. The molecule has 0 bridgehead atoms. The number of carbonyl (C=O) groups excluding carboxylic acids is 1. The number of aromatic carboxylic acids is 1. The average molecular weight is 393 g/mol. The number of rotatable bonds is 6. The van der Waals surface area contributed by atoms with Crippen LogP contribution in [0.3, 0.4) is 0 Å². The van der Waals surface area contributed by atoms with E-state index in [0.29, 0.717) is 16.6 Å². The third-order valence-electron chi connectivity index (χ3n) is 3.39. The van der Waals surface area contributed by atoms with E-state index < -0.39 is 18.0 Å². The van der Waals surface area contributed by atoms with Crippen molar-refractivity contribution in [1.29, 1.82) is 0 Å². The summed E-state index contributed by atoms with van der Waals surface area (Å²) in [5, 5.41) is 8.95. The van der Waals surface area contributed by atoms with Gasteiger partial charge >= 0.3 is 11.9 Å².